The molecular formula is C27H34N3O2+. The van der Waals surface area contributed by atoms with Crippen molar-refractivity contribution in [3.05, 3.63) is 59.5 Å². The van der Waals surface area contributed by atoms with Gasteiger partial charge in [0.2, 0.25) is 0 Å². The van der Waals surface area contributed by atoms with Gasteiger partial charge in [-0.3, -0.25) is 9.78 Å². The Morgan fingerprint density at radius 2 is 2.16 bits per heavy atom. The molecule has 1 saturated heterocycles. The Kier molecular flexibility index (Phi) is 4.38. The molecule has 3 heterocycles. The number of rotatable bonds is 3. The zero-order valence-electron chi connectivity index (χ0n) is 19.4. The third kappa shape index (κ3) is 2.70. The summed E-state index contributed by atoms with van der Waals surface area (Å²) in [5.41, 5.74) is 4.04. The van der Waals surface area contributed by atoms with Crippen LogP contribution in [-0.4, -0.2) is 42.2 Å². The van der Waals surface area contributed by atoms with Crippen molar-refractivity contribution in [3.8, 4) is 0 Å². The maximum Gasteiger partial charge on any atom is 0.251 e. The topological polar surface area (TPSA) is 55.7 Å². The molecule has 2 aliphatic heterocycles. The lowest BCUT2D eigenvalue weighted by Gasteiger charge is -2.53. The molecule has 2 spiro atoms. The molecule has 5 aliphatic rings. The van der Waals surface area contributed by atoms with Crippen molar-refractivity contribution in [2.45, 2.75) is 69.1 Å². The Bertz CT molecular complexity index is 1060. The van der Waals surface area contributed by atoms with Crippen molar-refractivity contribution in [2.24, 2.45) is 11.3 Å². The summed E-state index contributed by atoms with van der Waals surface area (Å²) in [6, 6.07) is 4.40. The van der Waals surface area contributed by atoms with Gasteiger partial charge in [0.25, 0.3) is 5.91 Å². The standard InChI is InChI=1S/C27H33N3O2/c1-25-11-10-19-15-18-6-7-21(30(2)3)16-26(18)12-13-27(19,32-26)23(25)9-8-22(25)24(31)29-20-5-4-14-28-17-20/h4-5,8,10,14-15,17,21,23H,6-7,9,11-13,16H2,1-3H3,(H,29,31)/p+1. The number of amides is 1. The number of ether oxygens (including phenoxy) is 1. The number of quaternary nitrogens is 1. The fourth-order valence-electron chi connectivity index (χ4n) is 7.47. The molecule has 3 aliphatic carbocycles. The monoisotopic (exact) mass is 432 g/mol. The Morgan fingerprint density at radius 3 is 2.94 bits per heavy atom. The molecule has 5 unspecified atom stereocenters. The zero-order valence-corrected chi connectivity index (χ0v) is 19.4. The van der Waals surface area contributed by atoms with Crippen LogP contribution in [0.4, 0.5) is 5.69 Å². The average Bonchev–Trinajstić information content (AvgIpc) is 3.29. The molecule has 2 N–H and O–H groups in total. The van der Waals surface area contributed by atoms with Crippen LogP contribution >= 0.6 is 0 Å². The number of allylic oxidation sites excluding steroid dienone is 2. The van der Waals surface area contributed by atoms with Gasteiger partial charge in [0.05, 0.1) is 43.2 Å². The highest BCUT2D eigenvalue weighted by Crippen LogP contribution is 2.66. The number of carbonyl (C=O) groups is 1. The van der Waals surface area contributed by atoms with E-state index in [1.54, 1.807) is 12.4 Å². The summed E-state index contributed by atoms with van der Waals surface area (Å²) in [5, 5.41) is 3.07. The molecule has 1 aromatic rings. The molecule has 0 radical (unpaired) electrons. The van der Waals surface area contributed by atoms with Crippen LogP contribution in [0.15, 0.2) is 59.5 Å². The van der Waals surface area contributed by atoms with Gasteiger partial charge in [0.1, 0.15) is 0 Å². The van der Waals surface area contributed by atoms with E-state index in [9.17, 15) is 4.79 Å². The number of nitrogens with zero attached hydrogens (tertiary/aromatic N) is 1. The fraction of sp³-hybridized carbons (Fsp3) is 0.556. The van der Waals surface area contributed by atoms with Crippen LogP contribution in [0.5, 0.6) is 0 Å². The summed E-state index contributed by atoms with van der Waals surface area (Å²) < 4.78 is 7.26. The predicted octanol–water partition coefficient (Wildman–Crippen LogP) is 3.23. The third-order valence-electron chi connectivity index (χ3n) is 9.25. The minimum atomic E-state index is -0.243. The number of fused-ring (bicyclic) bond motifs is 1. The van der Waals surface area contributed by atoms with E-state index in [-0.39, 0.29) is 22.5 Å². The molecule has 1 aromatic heterocycles. The maximum absolute atomic E-state index is 13.3. The largest absolute Gasteiger partial charge is 0.359 e. The smallest absolute Gasteiger partial charge is 0.251 e. The van der Waals surface area contributed by atoms with Gasteiger partial charge >= 0.3 is 0 Å². The van der Waals surface area contributed by atoms with E-state index in [0.29, 0.717) is 12.0 Å². The lowest BCUT2D eigenvalue weighted by atomic mass is 9.59. The molecule has 2 fully saturated rings. The fourth-order valence-corrected chi connectivity index (χ4v) is 7.47. The summed E-state index contributed by atoms with van der Waals surface area (Å²) in [6.45, 7) is 2.28. The third-order valence-corrected chi connectivity index (χ3v) is 9.25. The number of anilines is 1. The summed E-state index contributed by atoms with van der Waals surface area (Å²) in [7, 11) is 4.56. The second-order valence-corrected chi connectivity index (χ2v) is 11.1. The SMILES string of the molecule is C[NH+](C)C1CCC2=CC3=CCC4(C)C(C(=O)Nc5cccnc5)=CCC4C34CCC2(C1)O4. The first-order valence-corrected chi connectivity index (χ1v) is 12.2. The highest BCUT2D eigenvalue weighted by molar-refractivity contribution is 6.05. The Labute approximate surface area is 190 Å². The van der Waals surface area contributed by atoms with Crippen LogP contribution < -0.4 is 10.2 Å². The first-order valence-electron chi connectivity index (χ1n) is 12.2. The zero-order chi connectivity index (χ0) is 22.1. The van der Waals surface area contributed by atoms with Crippen molar-refractivity contribution >= 4 is 11.6 Å². The first kappa shape index (κ1) is 20.4. The van der Waals surface area contributed by atoms with Crippen molar-refractivity contribution < 1.29 is 14.4 Å². The molecule has 0 aromatic carbocycles. The van der Waals surface area contributed by atoms with E-state index in [1.165, 1.54) is 22.5 Å². The van der Waals surface area contributed by atoms with E-state index >= 15 is 0 Å². The maximum atomic E-state index is 13.3. The molecule has 1 amide bonds. The molecule has 168 valence electrons. The van der Waals surface area contributed by atoms with Crippen molar-refractivity contribution in [1.82, 2.24) is 4.98 Å². The van der Waals surface area contributed by atoms with Gasteiger partial charge in [-0.05, 0) is 55.4 Å². The molecule has 5 nitrogen and oxygen atoms in total. The number of hydrogen-bond acceptors (Lipinski definition) is 3. The van der Waals surface area contributed by atoms with Gasteiger partial charge in [0, 0.05) is 35.9 Å². The minimum Gasteiger partial charge on any atom is -0.359 e. The van der Waals surface area contributed by atoms with Gasteiger partial charge < -0.3 is 15.0 Å². The minimum absolute atomic E-state index is 0.00457. The van der Waals surface area contributed by atoms with Crippen LogP contribution in [-0.2, 0) is 9.53 Å². The molecule has 32 heavy (non-hydrogen) atoms. The van der Waals surface area contributed by atoms with Gasteiger partial charge in [0.15, 0.2) is 0 Å². The Morgan fingerprint density at radius 1 is 1.28 bits per heavy atom. The van der Waals surface area contributed by atoms with Gasteiger partial charge in [-0.1, -0.05) is 25.2 Å². The van der Waals surface area contributed by atoms with E-state index < -0.39 is 0 Å². The second kappa shape index (κ2) is 6.88. The summed E-state index contributed by atoms with van der Waals surface area (Å²) in [4.78, 5) is 19.0. The van der Waals surface area contributed by atoms with E-state index in [2.05, 4.69) is 49.5 Å². The van der Waals surface area contributed by atoms with E-state index in [0.717, 1.165) is 49.8 Å². The van der Waals surface area contributed by atoms with Crippen molar-refractivity contribution in [1.29, 1.82) is 0 Å². The summed E-state index contributed by atoms with van der Waals surface area (Å²) in [6.07, 6.45) is 18.0. The number of hydrogen-bond donors (Lipinski definition) is 2. The number of pyridine rings is 1. The van der Waals surface area contributed by atoms with Crippen LogP contribution in [0.3, 0.4) is 0 Å². The van der Waals surface area contributed by atoms with Crippen LogP contribution in [0.25, 0.3) is 0 Å². The van der Waals surface area contributed by atoms with Crippen LogP contribution in [0.2, 0.25) is 0 Å². The molecule has 6 rings (SSSR count). The highest BCUT2D eigenvalue weighted by Gasteiger charge is 2.66. The number of nitrogens with one attached hydrogen (secondary N) is 2. The first-order chi connectivity index (χ1) is 15.4. The summed E-state index contributed by atoms with van der Waals surface area (Å²) in [5.74, 6) is 0.318. The molecular weight excluding hydrogens is 398 g/mol. The van der Waals surface area contributed by atoms with Crippen molar-refractivity contribution in [2.75, 3.05) is 19.4 Å². The van der Waals surface area contributed by atoms with E-state index in [4.69, 9.17) is 4.74 Å². The molecule has 5 atom stereocenters. The number of carbonyl (C=O) groups excluding carboxylic acids is 1. The lowest BCUT2D eigenvalue weighted by molar-refractivity contribution is -0.887. The quantitative estimate of drug-likeness (QED) is 0.771. The van der Waals surface area contributed by atoms with Gasteiger partial charge in [-0.15, -0.1) is 0 Å². The summed E-state index contributed by atoms with van der Waals surface area (Å²) >= 11 is 0. The van der Waals surface area contributed by atoms with Crippen molar-refractivity contribution in [3.63, 3.8) is 0 Å². The van der Waals surface area contributed by atoms with Crippen LogP contribution in [0, 0.1) is 11.3 Å². The predicted molar refractivity (Wildman–Crippen MR) is 124 cm³/mol. The second-order valence-electron chi connectivity index (χ2n) is 11.1. The highest BCUT2D eigenvalue weighted by atomic mass is 16.5. The Balaban J connectivity index is 1.32. The average molecular weight is 433 g/mol. The number of aromatic nitrogens is 1. The normalized spacial score (nSPS) is 39.4. The molecule has 5 heteroatoms. The Hall–Kier alpha value is -2.24. The van der Waals surface area contributed by atoms with Gasteiger partial charge in [-0.25, -0.2) is 0 Å². The lowest BCUT2D eigenvalue weighted by Crippen LogP contribution is -3.10. The molecule has 2 bridgehead atoms. The van der Waals surface area contributed by atoms with Gasteiger partial charge in [-0.2, -0.15) is 0 Å². The van der Waals surface area contributed by atoms with E-state index in [1.807, 2.05) is 12.1 Å². The molecule has 1 saturated carbocycles. The van der Waals surface area contributed by atoms with Crippen LogP contribution in [0.1, 0.15) is 51.9 Å².